The first-order valence-corrected chi connectivity index (χ1v) is 10.2. The molecule has 160 valence electrons. The summed E-state index contributed by atoms with van der Waals surface area (Å²) < 4.78 is 5.10. The van der Waals surface area contributed by atoms with Gasteiger partial charge in [-0.15, -0.1) is 0 Å². The van der Waals surface area contributed by atoms with Crippen LogP contribution >= 0.6 is 0 Å². The second-order valence-corrected chi connectivity index (χ2v) is 8.23. The van der Waals surface area contributed by atoms with Crippen LogP contribution in [-0.4, -0.2) is 51.3 Å². The second kappa shape index (κ2) is 9.34. The number of likely N-dealkylation sites (tertiary alicyclic amines) is 1. The van der Waals surface area contributed by atoms with E-state index in [2.05, 4.69) is 5.16 Å². The lowest BCUT2D eigenvalue weighted by Gasteiger charge is -2.24. The van der Waals surface area contributed by atoms with Crippen LogP contribution in [0.1, 0.15) is 42.3 Å². The predicted molar refractivity (Wildman–Crippen MR) is 110 cm³/mol. The van der Waals surface area contributed by atoms with Crippen LogP contribution in [0.25, 0.3) is 0 Å². The molecule has 7 nitrogen and oxygen atoms in total. The van der Waals surface area contributed by atoms with Gasteiger partial charge in [0.05, 0.1) is 24.3 Å². The lowest BCUT2D eigenvalue weighted by Crippen LogP contribution is -2.42. The molecule has 0 unspecified atom stereocenters. The largest absolute Gasteiger partial charge is 0.391 e. The van der Waals surface area contributed by atoms with E-state index in [1.54, 1.807) is 13.0 Å². The Morgan fingerprint density at radius 1 is 1.23 bits per heavy atom. The first-order valence-electron chi connectivity index (χ1n) is 10.2. The van der Waals surface area contributed by atoms with Crippen LogP contribution in [0.4, 0.5) is 0 Å². The number of aromatic nitrogens is 1. The molecule has 1 aromatic carbocycles. The van der Waals surface area contributed by atoms with E-state index < -0.39 is 18.1 Å². The molecule has 0 spiro atoms. The molecule has 30 heavy (non-hydrogen) atoms. The number of amides is 1. The summed E-state index contributed by atoms with van der Waals surface area (Å²) in [6, 6.07) is 8.83. The number of benzene rings is 1. The fourth-order valence-electron chi connectivity index (χ4n) is 3.89. The SMILES string of the molecule is CC(=O)[C@H](CC(=O)[C@@H]1C[C@@H](O)CN1C(=O)Cc1cc(C)no1)Cc1ccc(C)cc1. The molecule has 0 bridgehead atoms. The molecular weight excluding hydrogens is 384 g/mol. The second-order valence-electron chi connectivity index (χ2n) is 8.23. The quantitative estimate of drug-likeness (QED) is 0.713. The third kappa shape index (κ3) is 5.42. The van der Waals surface area contributed by atoms with Crippen LogP contribution in [-0.2, 0) is 27.2 Å². The molecule has 1 aliphatic rings. The number of Topliss-reactive ketones (excluding diaryl/α,β-unsaturated/α-hetero) is 2. The van der Waals surface area contributed by atoms with Gasteiger partial charge < -0.3 is 14.5 Å². The van der Waals surface area contributed by atoms with Gasteiger partial charge in [-0.2, -0.15) is 0 Å². The van der Waals surface area contributed by atoms with Crippen LogP contribution in [0.15, 0.2) is 34.9 Å². The first kappa shape index (κ1) is 21.9. The summed E-state index contributed by atoms with van der Waals surface area (Å²) in [5, 5.41) is 13.9. The van der Waals surface area contributed by atoms with E-state index in [1.807, 2.05) is 31.2 Å². The summed E-state index contributed by atoms with van der Waals surface area (Å²) in [4.78, 5) is 39.4. The Hall–Kier alpha value is -2.80. The molecule has 0 aliphatic carbocycles. The molecule has 1 N–H and O–H groups in total. The zero-order valence-electron chi connectivity index (χ0n) is 17.6. The fourth-order valence-corrected chi connectivity index (χ4v) is 3.89. The van der Waals surface area contributed by atoms with E-state index in [-0.39, 0.29) is 43.3 Å². The normalized spacial score (nSPS) is 19.7. The molecule has 1 aromatic heterocycles. The molecule has 3 rings (SSSR count). The lowest BCUT2D eigenvalue weighted by atomic mass is 9.88. The third-order valence-corrected chi connectivity index (χ3v) is 5.60. The van der Waals surface area contributed by atoms with E-state index in [9.17, 15) is 19.5 Å². The summed E-state index contributed by atoms with van der Waals surface area (Å²) >= 11 is 0. The summed E-state index contributed by atoms with van der Waals surface area (Å²) in [6.45, 7) is 5.35. The van der Waals surface area contributed by atoms with Crippen LogP contribution in [0.3, 0.4) is 0 Å². The highest BCUT2D eigenvalue weighted by molar-refractivity contribution is 5.93. The Bertz CT molecular complexity index is 918. The number of carbonyl (C=O) groups is 3. The van der Waals surface area contributed by atoms with Crippen LogP contribution < -0.4 is 0 Å². The zero-order valence-corrected chi connectivity index (χ0v) is 17.6. The summed E-state index contributed by atoms with van der Waals surface area (Å²) in [5.74, 6) is -0.574. The smallest absolute Gasteiger partial charge is 0.231 e. The highest BCUT2D eigenvalue weighted by atomic mass is 16.5. The molecular formula is C23H28N2O5. The summed E-state index contributed by atoms with van der Waals surface area (Å²) in [5.41, 5.74) is 2.80. The molecule has 7 heteroatoms. The van der Waals surface area contributed by atoms with E-state index in [1.165, 1.54) is 11.8 Å². The average molecular weight is 412 g/mol. The van der Waals surface area contributed by atoms with Crippen molar-refractivity contribution in [2.75, 3.05) is 6.54 Å². The maximum atomic E-state index is 13.0. The fraction of sp³-hybridized carbons (Fsp3) is 0.478. The van der Waals surface area contributed by atoms with Crippen molar-refractivity contribution in [3.63, 3.8) is 0 Å². The first-order chi connectivity index (χ1) is 14.2. The van der Waals surface area contributed by atoms with Gasteiger partial charge in [0.2, 0.25) is 5.91 Å². The average Bonchev–Trinajstić information content (AvgIpc) is 3.28. The molecule has 1 aliphatic heterocycles. The van der Waals surface area contributed by atoms with Crippen molar-refractivity contribution < 1.29 is 24.0 Å². The van der Waals surface area contributed by atoms with Crippen LogP contribution in [0.5, 0.6) is 0 Å². The topological polar surface area (TPSA) is 101 Å². The Balaban J connectivity index is 1.68. The number of aliphatic hydroxyl groups is 1. The number of nitrogens with zero attached hydrogens (tertiary/aromatic N) is 2. The van der Waals surface area contributed by atoms with Gasteiger partial charge in [-0.3, -0.25) is 14.4 Å². The molecule has 2 aromatic rings. The highest BCUT2D eigenvalue weighted by Gasteiger charge is 2.39. The van der Waals surface area contributed by atoms with Crippen molar-refractivity contribution in [1.82, 2.24) is 10.1 Å². The van der Waals surface area contributed by atoms with Gasteiger partial charge in [0.15, 0.2) is 5.78 Å². The summed E-state index contributed by atoms with van der Waals surface area (Å²) in [6.07, 6.45) is -0.0630. The van der Waals surface area contributed by atoms with Gasteiger partial charge in [-0.05, 0) is 32.8 Å². The molecule has 3 atom stereocenters. The Labute approximate surface area is 176 Å². The number of β-amino-alcohol motifs (C(OH)–C–C–N with tert-alkyl or cyclic N) is 1. The third-order valence-electron chi connectivity index (χ3n) is 5.60. The molecule has 0 saturated carbocycles. The maximum absolute atomic E-state index is 13.0. The number of rotatable bonds is 8. The maximum Gasteiger partial charge on any atom is 0.231 e. The van der Waals surface area contributed by atoms with Crippen molar-refractivity contribution >= 4 is 17.5 Å². The number of hydrogen-bond acceptors (Lipinski definition) is 6. The number of aryl methyl sites for hydroxylation is 2. The minimum Gasteiger partial charge on any atom is -0.391 e. The number of aliphatic hydroxyl groups excluding tert-OH is 1. The standard InChI is InChI=1S/C23H28N2O5/c1-14-4-6-17(7-5-14)9-18(16(3)26)10-22(28)21-11-19(27)13-25(21)23(29)12-20-8-15(2)24-30-20/h4-8,18-19,21,27H,9-13H2,1-3H3/t18-,19+,21-/m0/s1. The summed E-state index contributed by atoms with van der Waals surface area (Å²) in [7, 11) is 0. The number of ketones is 2. The minimum absolute atomic E-state index is 0.0170. The van der Waals surface area contributed by atoms with E-state index in [0.717, 1.165) is 11.1 Å². The highest BCUT2D eigenvalue weighted by Crippen LogP contribution is 2.24. The molecule has 1 amide bonds. The van der Waals surface area contributed by atoms with Gasteiger partial charge in [0.1, 0.15) is 11.5 Å². The van der Waals surface area contributed by atoms with Gasteiger partial charge in [0, 0.05) is 31.4 Å². The van der Waals surface area contributed by atoms with Crippen molar-refractivity contribution in [3.8, 4) is 0 Å². The van der Waals surface area contributed by atoms with Crippen LogP contribution in [0, 0.1) is 19.8 Å². The lowest BCUT2D eigenvalue weighted by molar-refractivity contribution is -0.138. The van der Waals surface area contributed by atoms with E-state index in [4.69, 9.17) is 4.52 Å². The van der Waals surface area contributed by atoms with Gasteiger partial charge >= 0.3 is 0 Å². The van der Waals surface area contributed by atoms with Gasteiger partial charge in [-0.1, -0.05) is 35.0 Å². The van der Waals surface area contributed by atoms with Gasteiger partial charge in [0.25, 0.3) is 0 Å². The Morgan fingerprint density at radius 2 is 1.93 bits per heavy atom. The Kier molecular flexibility index (Phi) is 6.82. The molecule has 2 heterocycles. The van der Waals surface area contributed by atoms with E-state index in [0.29, 0.717) is 17.9 Å². The number of carbonyl (C=O) groups excluding carboxylic acids is 3. The van der Waals surface area contributed by atoms with E-state index >= 15 is 0 Å². The van der Waals surface area contributed by atoms with Crippen molar-refractivity contribution in [1.29, 1.82) is 0 Å². The van der Waals surface area contributed by atoms with Crippen molar-refractivity contribution in [2.24, 2.45) is 5.92 Å². The number of hydrogen-bond donors (Lipinski definition) is 1. The Morgan fingerprint density at radius 3 is 2.53 bits per heavy atom. The monoisotopic (exact) mass is 412 g/mol. The minimum atomic E-state index is -0.757. The molecule has 1 saturated heterocycles. The molecule has 0 radical (unpaired) electrons. The van der Waals surface area contributed by atoms with Crippen LogP contribution in [0.2, 0.25) is 0 Å². The van der Waals surface area contributed by atoms with Gasteiger partial charge in [-0.25, -0.2) is 0 Å². The molecule has 1 fully saturated rings. The predicted octanol–water partition coefficient (Wildman–Crippen LogP) is 2.20. The van der Waals surface area contributed by atoms with Crippen molar-refractivity contribution in [3.05, 3.63) is 52.9 Å². The zero-order chi connectivity index (χ0) is 21.8. The van der Waals surface area contributed by atoms with Crippen molar-refractivity contribution in [2.45, 2.75) is 58.6 Å².